The number of fused-ring (bicyclic) bond motifs is 1. The highest BCUT2D eigenvalue weighted by Crippen LogP contribution is 2.42. The van der Waals surface area contributed by atoms with Crippen LogP contribution < -0.4 is 4.90 Å². The zero-order valence-corrected chi connectivity index (χ0v) is 19.7. The van der Waals surface area contributed by atoms with E-state index in [-0.39, 0.29) is 5.75 Å². The Morgan fingerprint density at radius 2 is 1.53 bits per heavy atom. The minimum atomic E-state index is -0.584. The Hall–Kier alpha value is -3.18. The van der Waals surface area contributed by atoms with Gasteiger partial charge in [-0.15, -0.1) is 0 Å². The maximum Gasteiger partial charge on any atom is 0.133 e. The van der Waals surface area contributed by atoms with Crippen molar-refractivity contribution in [2.45, 2.75) is 32.7 Å². The van der Waals surface area contributed by atoms with Gasteiger partial charge in [-0.1, -0.05) is 18.2 Å². The van der Waals surface area contributed by atoms with E-state index in [0.29, 0.717) is 18.0 Å². The van der Waals surface area contributed by atoms with Gasteiger partial charge in [0.2, 0.25) is 0 Å². The second-order valence-electron chi connectivity index (χ2n) is 9.48. The van der Waals surface area contributed by atoms with Crippen molar-refractivity contribution in [3.63, 3.8) is 0 Å². The predicted octanol–water partition coefficient (Wildman–Crippen LogP) is 6.11. The number of nitrogens with zero attached hydrogens (tertiary/aromatic N) is 2. The summed E-state index contributed by atoms with van der Waals surface area (Å²) in [4.78, 5) is 4.89. The Bertz CT molecular complexity index is 1230. The maximum atomic E-state index is 14.8. The molecule has 1 fully saturated rings. The number of phenolic OH excluding ortho intramolecular Hbond substituents is 1. The molecule has 3 aromatic carbocycles. The normalized spacial score (nSPS) is 16.8. The molecule has 1 saturated heterocycles. The van der Waals surface area contributed by atoms with E-state index < -0.39 is 11.6 Å². The van der Waals surface area contributed by atoms with Gasteiger partial charge in [0, 0.05) is 49.5 Å². The topological polar surface area (TPSA) is 26.7 Å². The average Bonchev–Trinajstić information content (AvgIpc) is 2.84. The van der Waals surface area contributed by atoms with Gasteiger partial charge in [-0.3, -0.25) is 4.90 Å². The molecule has 0 radical (unpaired) electrons. The number of hydrogen-bond acceptors (Lipinski definition) is 3. The molecule has 0 amide bonds. The van der Waals surface area contributed by atoms with Crippen LogP contribution in [0.25, 0.3) is 11.1 Å². The van der Waals surface area contributed by atoms with Gasteiger partial charge < -0.3 is 10.0 Å². The minimum absolute atomic E-state index is 0.178. The van der Waals surface area contributed by atoms with Gasteiger partial charge in [0.15, 0.2) is 0 Å². The number of benzene rings is 3. The Balaban J connectivity index is 1.55. The molecule has 0 aromatic heterocycles. The molecule has 1 aliphatic carbocycles. The van der Waals surface area contributed by atoms with Gasteiger partial charge >= 0.3 is 0 Å². The SMILES string of the molecule is CC(C)N1CCN(c2ccc(C3=C(c4ccc(F)cc4F)CCc4ccc(O)cc43)cc2)CC1. The van der Waals surface area contributed by atoms with E-state index in [1.807, 2.05) is 6.07 Å². The van der Waals surface area contributed by atoms with Crippen LogP contribution in [0.1, 0.15) is 42.5 Å². The second kappa shape index (κ2) is 9.22. The second-order valence-corrected chi connectivity index (χ2v) is 9.48. The molecule has 0 atom stereocenters. The molecular weight excluding hydrogens is 430 g/mol. The summed E-state index contributed by atoms with van der Waals surface area (Å²) in [6, 6.07) is 18.1. The van der Waals surface area contributed by atoms with Crippen molar-refractivity contribution in [3.05, 3.63) is 94.6 Å². The first-order valence-electron chi connectivity index (χ1n) is 12.0. The molecule has 5 rings (SSSR count). The lowest BCUT2D eigenvalue weighted by molar-refractivity contribution is 0.209. The minimum Gasteiger partial charge on any atom is -0.508 e. The number of aromatic hydroxyl groups is 1. The van der Waals surface area contributed by atoms with E-state index in [1.165, 1.54) is 17.8 Å². The first-order chi connectivity index (χ1) is 16.4. The molecular formula is C29H30F2N2O. The van der Waals surface area contributed by atoms with Crippen molar-refractivity contribution >= 4 is 16.8 Å². The summed E-state index contributed by atoms with van der Waals surface area (Å²) in [5.74, 6) is -0.966. The average molecular weight is 461 g/mol. The molecule has 5 heteroatoms. The summed E-state index contributed by atoms with van der Waals surface area (Å²) in [5.41, 5.74) is 6.33. The number of piperazine rings is 1. The van der Waals surface area contributed by atoms with Crippen molar-refractivity contribution < 1.29 is 13.9 Å². The highest BCUT2D eigenvalue weighted by molar-refractivity contribution is 6.01. The summed E-state index contributed by atoms with van der Waals surface area (Å²) < 4.78 is 28.5. The number of phenols is 1. The summed E-state index contributed by atoms with van der Waals surface area (Å²) >= 11 is 0. The molecule has 1 aliphatic heterocycles. The predicted molar refractivity (Wildman–Crippen MR) is 134 cm³/mol. The van der Waals surface area contributed by atoms with Crippen molar-refractivity contribution in [3.8, 4) is 5.75 Å². The molecule has 3 nitrogen and oxygen atoms in total. The first-order valence-corrected chi connectivity index (χ1v) is 12.0. The van der Waals surface area contributed by atoms with Crippen LogP contribution in [0.4, 0.5) is 14.5 Å². The molecule has 176 valence electrons. The number of hydrogen-bond donors (Lipinski definition) is 1. The number of allylic oxidation sites excluding steroid dienone is 1. The fourth-order valence-electron chi connectivity index (χ4n) is 5.23. The maximum absolute atomic E-state index is 14.8. The van der Waals surface area contributed by atoms with Crippen molar-refractivity contribution in [1.29, 1.82) is 0 Å². The van der Waals surface area contributed by atoms with Crippen LogP contribution in [0, 0.1) is 11.6 Å². The summed E-state index contributed by atoms with van der Waals surface area (Å²) in [6.07, 6.45) is 1.39. The number of aryl methyl sites for hydroxylation is 1. The highest BCUT2D eigenvalue weighted by atomic mass is 19.1. The molecule has 0 unspecified atom stereocenters. The largest absolute Gasteiger partial charge is 0.508 e. The number of halogens is 2. The fraction of sp³-hybridized carbons (Fsp3) is 0.310. The molecule has 0 bridgehead atoms. The summed E-state index contributed by atoms with van der Waals surface area (Å²) in [6.45, 7) is 8.54. The zero-order valence-electron chi connectivity index (χ0n) is 19.7. The van der Waals surface area contributed by atoms with Gasteiger partial charge in [0.05, 0.1) is 0 Å². The molecule has 0 saturated carbocycles. The van der Waals surface area contributed by atoms with E-state index in [0.717, 1.165) is 66.5 Å². The van der Waals surface area contributed by atoms with E-state index in [9.17, 15) is 13.9 Å². The van der Waals surface area contributed by atoms with Crippen LogP contribution in [-0.4, -0.2) is 42.2 Å². The zero-order chi connectivity index (χ0) is 23.8. The molecule has 2 aliphatic rings. The van der Waals surface area contributed by atoms with Crippen molar-refractivity contribution in [2.24, 2.45) is 0 Å². The van der Waals surface area contributed by atoms with Gasteiger partial charge in [-0.25, -0.2) is 8.78 Å². The standard InChI is InChI=1S/C29H30F2N2O/c1-19(2)32-13-15-33(16-14-32)23-8-3-21(4-9-23)29-26(25-12-7-22(30)17-28(25)31)11-6-20-5-10-24(34)18-27(20)29/h3-5,7-10,12,17-19,34H,6,11,13-16H2,1-2H3. The van der Waals surface area contributed by atoms with Crippen LogP contribution in [0.2, 0.25) is 0 Å². The van der Waals surface area contributed by atoms with Gasteiger partial charge in [0.25, 0.3) is 0 Å². The third-order valence-electron chi connectivity index (χ3n) is 7.13. The van der Waals surface area contributed by atoms with Gasteiger partial charge in [0.1, 0.15) is 17.4 Å². The smallest absolute Gasteiger partial charge is 0.133 e. The molecule has 1 heterocycles. The van der Waals surface area contributed by atoms with Gasteiger partial charge in [-0.05, 0) is 90.9 Å². The molecule has 0 spiro atoms. The van der Waals surface area contributed by atoms with Crippen LogP contribution in [-0.2, 0) is 6.42 Å². The fourth-order valence-corrected chi connectivity index (χ4v) is 5.23. The van der Waals surface area contributed by atoms with Crippen LogP contribution in [0.3, 0.4) is 0 Å². The lowest BCUT2D eigenvalue weighted by atomic mass is 9.79. The Morgan fingerprint density at radius 3 is 2.21 bits per heavy atom. The van der Waals surface area contributed by atoms with Crippen LogP contribution in [0.5, 0.6) is 5.75 Å². The lowest BCUT2D eigenvalue weighted by Crippen LogP contribution is -2.48. The molecule has 34 heavy (non-hydrogen) atoms. The molecule has 1 N–H and O–H groups in total. The monoisotopic (exact) mass is 460 g/mol. The van der Waals surface area contributed by atoms with E-state index >= 15 is 0 Å². The first kappa shape index (κ1) is 22.6. The summed E-state index contributed by atoms with van der Waals surface area (Å²) in [5, 5.41) is 10.2. The van der Waals surface area contributed by atoms with Crippen LogP contribution >= 0.6 is 0 Å². The van der Waals surface area contributed by atoms with E-state index in [2.05, 4.69) is 47.9 Å². The van der Waals surface area contributed by atoms with E-state index in [1.54, 1.807) is 12.1 Å². The Morgan fingerprint density at radius 1 is 0.794 bits per heavy atom. The Kier molecular flexibility index (Phi) is 6.13. The van der Waals surface area contributed by atoms with Crippen LogP contribution in [0.15, 0.2) is 60.7 Å². The highest BCUT2D eigenvalue weighted by Gasteiger charge is 2.25. The quantitative estimate of drug-likeness (QED) is 0.509. The van der Waals surface area contributed by atoms with Crippen molar-refractivity contribution in [1.82, 2.24) is 4.90 Å². The third kappa shape index (κ3) is 4.32. The Labute approximate surface area is 200 Å². The number of anilines is 1. The summed E-state index contributed by atoms with van der Waals surface area (Å²) in [7, 11) is 0. The lowest BCUT2D eigenvalue weighted by Gasteiger charge is -2.38. The van der Waals surface area contributed by atoms with Gasteiger partial charge in [-0.2, -0.15) is 0 Å². The van der Waals surface area contributed by atoms with E-state index in [4.69, 9.17) is 0 Å². The van der Waals surface area contributed by atoms with Crippen molar-refractivity contribution in [2.75, 3.05) is 31.1 Å². The molecule has 3 aromatic rings. The number of rotatable bonds is 4. The third-order valence-corrected chi connectivity index (χ3v) is 7.13.